The topological polar surface area (TPSA) is 140 Å². The van der Waals surface area contributed by atoms with Gasteiger partial charge in [0, 0.05) is 42.2 Å². The number of rotatable bonds is 16. The van der Waals surface area contributed by atoms with E-state index in [4.69, 9.17) is 22.1 Å². The highest BCUT2D eigenvalue weighted by atomic mass is 35.5. The molecule has 1 fully saturated rings. The lowest BCUT2D eigenvalue weighted by Gasteiger charge is -2.30. The molecule has 10 heteroatoms. The fourth-order valence-corrected chi connectivity index (χ4v) is 7.49. The molecule has 1 heterocycles. The minimum atomic E-state index is -0.854. The van der Waals surface area contributed by atoms with Gasteiger partial charge < -0.3 is 26.4 Å². The Kier molecular flexibility index (Phi) is 13.1. The Morgan fingerprint density at radius 1 is 0.918 bits per heavy atom. The molecule has 49 heavy (non-hydrogen) atoms. The second-order valence-corrected chi connectivity index (χ2v) is 13.8. The van der Waals surface area contributed by atoms with Crippen molar-refractivity contribution < 1.29 is 23.9 Å². The molecule has 1 aliphatic carbocycles. The minimum absolute atomic E-state index is 0.00683. The summed E-state index contributed by atoms with van der Waals surface area (Å²) in [5, 5.41) is 11.8. The van der Waals surface area contributed by atoms with Gasteiger partial charge in [-0.05, 0) is 66.6 Å². The number of hydrogen-bond acceptors (Lipinski definition) is 6. The molecule has 9 nitrogen and oxygen atoms in total. The Balaban J connectivity index is 1.33. The lowest BCUT2D eigenvalue weighted by atomic mass is 9.86. The number of nitrogens with two attached hydrogens (primary N) is 1. The van der Waals surface area contributed by atoms with Crippen LogP contribution in [0.2, 0.25) is 5.02 Å². The van der Waals surface area contributed by atoms with E-state index in [-0.39, 0.29) is 48.8 Å². The van der Waals surface area contributed by atoms with E-state index in [9.17, 15) is 19.2 Å². The molecular formula is C39H49ClN4O5. The largest absolute Gasteiger partial charge is 0.493 e. The third kappa shape index (κ3) is 9.61. The summed E-state index contributed by atoms with van der Waals surface area (Å²) < 4.78 is 5.78. The Bertz CT molecular complexity index is 1620. The maximum atomic E-state index is 14.2. The summed E-state index contributed by atoms with van der Waals surface area (Å²) in [4.78, 5) is 54.7. The third-order valence-corrected chi connectivity index (χ3v) is 10.2. The average Bonchev–Trinajstić information content (AvgIpc) is 3.64. The maximum absolute atomic E-state index is 14.2. The van der Waals surface area contributed by atoms with E-state index in [1.54, 1.807) is 13.0 Å². The third-order valence-electron chi connectivity index (χ3n) is 9.91. The van der Waals surface area contributed by atoms with Gasteiger partial charge >= 0.3 is 0 Å². The van der Waals surface area contributed by atoms with Gasteiger partial charge in [0.1, 0.15) is 11.8 Å². The number of ether oxygens (including phenoxy) is 1. The van der Waals surface area contributed by atoms with Crippen molar-refractivity contribution in [3.8, 4) is 5.75 Å². The molecule has 0 radical (unpaired) electrons. The average molecular weight is 689 g/mol. The Morgan fingerprint density at radius 3 is 2.45 bits per heavy atom. The predicted molar refractivity (Wildman–Crippen MR) is 192 cm³/mol. The first kappa shape index (κ1) is 36.3. The molecule has 3 amide bonds. The lowest BCUT2D eigenvalue weighted by Crippen LogP contribution is -2.54. The van der Waals surface area contributed by atoms with E-state index in [2.05, 4.69) is 16.0 Å². The molecule has 0 spiro atoms. The van der Waals surface area contributed by atoms with Crippen molar-refractivity contribution >= 4 is 45.9 Å². The Hall–Kier alpha value is -3.95. The number of carbonyl (C=O) groups is 4. The van der Waals surface area contributed by atoms with Crippen molar-refractivity contribution in [2.24, 2.45) is 17.6 Å². The summed E-state index contributed by atoms with van der Waals surface area (Å²) in [6.45, 7) is 2.68. The highest BCUT2D eigenvalue weighted by Gasteiger charge is 2.37. The molecular weight excluding hydrogens is 640 g/mol. The summed E-state index contributed by atoms with van der Waals surface area (Å²) in [6, 6.07) is 17.5. The lowest BCUT2D eigenvalue weighted by molar-refractivity contribution is -0.134. The van der Waals surface area contributed by atoms with Crippen LogP contribution in [0.3, 0.4) is 0 Å². The van der Waals surface area contributed by atoms with Gasteiger partial charge in [-0.2, -0.15) is 0 Å². The number of hydrogen-bond donors (Lipinski definition) is 4. The van der Waals surface area contributed by atoms with E-state index in [1.165, 1.54) is 0 Å². The molecule has 0 bridgehead atoms. The van der Waals surface area contributed by atoms with Crippen molar-refractivity contribution in [3.63, 3.8) is 0 Å². The molecule has 1 saturated carbocycles. The highest BCUT2D eigenvalue weighted by Crippen LogP contribution is 2.38. The number of benzene rings is 3. The first-order valence-corrected chi connectivity index (χ1v) is 18.2. The van der Waals surface area contributed by atoms with E-state index < -0.39 is 23.9 Å². The van der Waals surface area contributed by atoms with Gasteiger partial charge in [-0.25, -0.2) is 0 Å². The van der Waals surface area contributed by atoms with Crippen LogP contribution < -0.4 is 26.4 Å². The molecule has 5 N–H and O–H groups in total. The number of Topliss-reactive ketones (excluding diaryl/α,β-unsaturated/α-hetero) is 1. The SMILES string of the molecule is CCC(=O)N[C@@H](Cc1ccc2ccccc2c1)C(=O)N[C@H](C(=O)C[C@@H](CCCCN)C(=O)N[C@@H]1CCOc2cccc(Cl)c21)C1CCCC1. The van der Waals surface area contributed by atoms with Crippen LogP contribution in [0.15, 0.2) is 60.7 Å². The van der Waals surface area contributed by atoms with Crippen LogP contribution in [-0.4, -0.2) is 48.7 Å². The number of unbranched alkanes of at least 4 members (excludes halogenated alkanes) is 1. The number of ketones is 1. The number of carbonyl (C=O) groups excluding carboxylic acids is 4. The van der Waals surface area contributed by atoms with Crippen molar-refractivity contribution in [2.75, 3.05) is 13.2 Å². The zero-order chi connectivity index (χ0) is 34.8. The maximum Gasteiger partial charge on any atom is 0.243 e. The van der Waals surface area contributed by atoms with Crippen LogP contribution in [0.5, 0.6) is 5.75 Å². The predicted octanol–water partition coefficient (Wildman–Crippen LogP) is 5.95. The summed E-state index contributed by atoms with van der Waals surface area (Å²) in [5.74, 6) is -0.990. The summed E-state index contributed by atoms with van der Waals surface area (Å²) in [6.07, 6.45) is 6.58. The normalized spacial score (nSPS) is 17.7. The van der Waals surface area contributed by atoms with Crippen LogP contribution in [0.25, 0.3) is 10.8 Å². The molecule has 3 aromatic carbocycles. The summed E-state index contributed by atoms with van der Waals surface area (Å²) in [5.41, 5.74) is 7.44. The number of nitrogens with one attached hydrogen (secondary N) is 3. The van der Waals surface area contributed by atoms with Gasteiger partial charge in [0.15, 0.2) is 5.78 Å². The van der Waals surface area contributed by atoms with Gasteiger partial charge in [-0.15, -0.1) is 0 Å². The fourth-order valence-electron chi connectivity index (χ4n) is 7.19. The minimum Gasteiger partial charge on any atom is -0.493 e. The zero-order valence-electron chi connectivity index (χ0n) is 28.3. The molecule has 0 saturated heterocycles. The molecule has 0 unspecified atom stereocenters. The molecule has 3 aromatic rings. The van der Waals surface area contributed by atoms with Crippen LogP contribution in [-0.2, 0) is 25.6 Å². The first-order valence-electron chi connectivity index (χ1n) is 17.8. The van der Waals surface area contributed by atoms with Gasteiger partial charge in [0.25, 0.3) is 0 Å². The standard InChI is InChI=1S/C39H49ClN4O5/c1-2-35(46)42-32(23-25-17-18-26-10-3-6-13-28(26)22-25)39(48)44-37(27-11-4-5-12-27)33(45)24-29(14-7-8-20-41)38(47)43-31-19-21-49-34-16-9-15-30(40)36(31)34/h3,6,9-10,13,15-18,22,27,29,31-32,37H,2,4-5,7-8,11-12,14,19-21,23-24,41H2,1H3,(H,42,46)(H,43,47)(H,44,48)/t29-,31-,32+,37+/m1/s1. The van der Waals surface area contributed by atoms with Crippen molar-refractivity contribution in [1.82, 2.24) is 16.0 Å². The van der Waals surface area contributed by atoms with E-state index >= 15 is 0 Å². The van der Waals surface area contributed by atoms with Gasteiger partial charge in [-0.1, -0.05) is 86.3 Å². The number of amides is 3. The van der Waals surface area contributed by atoms with Gasteiger partial charge in [0.2, 0.25) is 17.7 Å². The van der Waals surface area contributed by atoms with Crippen LogP contribution in [0, 0.1) is 11.8 Å². The Labute approximate surface area is 294 Å². The quantitative estimate of drug-likeness (QED) is 0.137. The van der Waals surface area contributed by atoms with E-state index in [0.717, 1.165) is 54.0 Å². The van der Waals surface area contributed by atoms with E-state index in [1.807, 2.05) is 54.6 Å². The molecule has 2 aliphatic rings. The van der Waals surface area contributed by atoms with Crippen LogP contribution >= 0.6 is 11.6 Å². The van der Waals surface area contributed by atoms with Crippen molar-refractivity contribution in [2.45, 2.75) is 95.7 Å². The van der Waals surface area contributed by atoms with Crippen molar-refractivity contribution in [1.29, 1.82) is 0 Å². The zero-order valence-corrected chi connectivity index (χ0v) is 29.1. The van der Waals surface area contributed by atoms with E-state index in [0.29, 0.717) is 43.2 Å². The second kappa shape index (κ2) is 17.6. The Morgan fingerprint density at radius 2 is 1.69 bits per heavy atom. The number of halogens is 1. The van der Waals surface area contributed by atoms with Crippen molar-refractivity contribution in [3.05, 3.63) is 76.8 Å². The molecule has 4 atom stereocenters. The highest BCUT2D eigenvalue weighted by molar-refractivity contribution is 6.31. The molecule has 262 valence electrons. The molecule has 5 rings (SSSR count). The molecule has 0 aromatic heterocycles. The summed E-state index contributed by atoms with van der Waals surface area (Å²) in [7, 11) is 0. The molecule has 1 aliphatic heterocycles. The second-order valence-electron chi connectivity index (χ2n) is 13.4. The number of fused-ring (bicyclic) bond motifs is 2. The monoisotopic (exact) mass is 688 g/mol. The van der Waals surface area contributed by atoms with Crippen LogP contribution in [0.4, 0.5) is 0 Å². The fraction of sp³-hybridized carbons (Fsp3) is 0.487. The van der Waals surface area contributed by atoms with Crippen LogP contribution in [0.1, 0.15) is 88.3 Å². The first-order chi connectivity index (χ1) is 23.8. The van der Waals surface area contributed by atoms with Gasteiger partial charge in [-0.3, -0.25) is 19.2 Å². The smallest absolute Gasteiger partial charge is 0.243 e. The summed E-state index contributed by atoms with van der Waals surface area (Å²) >= 11 is 6.53. The van der Waals surface area contributed by atoms with Gasteiger partial charge in [0.05, 0.1) is 18.7 Å².